The van der Waals surface area contributed by atoms with Crippen molar-refractivity contribution in [1.29, 1.82) is 0 Å². The highest BCUT2D eigenvalue weighted by atomic mass is 35.5. The minimum absolute atomic E-state index is 0.138. The van der Waals surface area contributed by atoms with Crippen molar-refractivity contribution in [3.8, 4) is 0 Å². The van der Waals surface area contributed by atoms with Gasteiger partial charge < -0.3 is 21.3 Å². The summed E-state index contributed by atoms with van der Waals surface area (Å²) in [4.78, 5) is 51.6. The highest BCUT2D eigenvalue weighted by molar-refractivity contribution is 6.79. The minimum Gasteiger partial charge on any atom is -0.368 e. The Hall–Kier alpha value is -2.39. The highest BCUT2D eigenvalue weighted by Gasteiger charge is 2.46. The smallest absolute Gasteiger partial charge is 0.255 e. The Morgan fingerprint density at radius 1 is 1.33 bits per heavy atom. The second kappa shape index (κ2) is 8.77. The van der Waals surface area contributed by atoms with Crippen LogP contribution in [-0.4, -0.2) is 61.4 Å². The number of halogens is 1. The molecule has 0 bridgehead atoms. The third kappa shape index (κ3) is 4.84. The number of nitrogens with one attached hydrogen (secondary N) is 2. The van der Waals surface area contributed by atoms with E-state index >= 15 is 0 Å². The van der Waals surface area contributed by atoms with Crippen LogP contribution in [0.2, 0.25) is 24.2 Å². The van der Waals surface area contributed by atoms with Crippen molar-refractivity contribution in [1.82, 2.24) is 15.5 Å². The van der Waals surface area contributed by atoms with E-state index in [0.717, 1.165) is 0 Å². The van der Waals surface area contributed by atoms with Crippen molar-refractivity contribution in [2.75, 3.05) is 12.7 Å². The minimum atomic E-state index is -1.85. The molecule has 2 aliphatic heterocycles. The lowest BCUT2D eigenvalue weighted by Crippen LogP contribution is -2.52. The third-order valence-electron chi connectivity index (χ3n) is 5.73. The number of primary amides is 1. The van der Waals surface area contributed by atoms with Crippen molar-refractivity contribution < 1.29 is 19.2 Å². The molecule has 0 aromatic heterocycles. The Morgan fingerprint density at radius 2 is 2.03 bits per heavy atom. The van der Waals surface area contributed by atoms with E-state index in [4.69, 9.17) is 17.3 Å². The van der Waals surface area contributed by atoms with E-state index in [9.17, 15) is 19.2 Å². The first-order valence-electron chi connectivity index (χ1n) is 10.0. The Morgan fingerprint density at radius 3 is 2.63 bits per heavy atom. The first-order valence-corrected chi connectivity index (χ1v) is 13.8. The monoisotopic (exact) mass is 450 g/mol. The molecule has 10 heteroatoms. The van der Waals surface area contributed by atoms with Gasteiger partial charge in [-0.05, 0) is 31.0 Å². The zero-order valence-corrected chi connectivity index (χ0v) is 18.9. The number of benzene rings is 1. The van der Waals surface area contributed by atoms with E-state index in [1.165, 1.54) is 0 Å². The standard InChI is InChI=1S/C20H27ClN4O4Si/c1-30(2)10-16(25(11-30)20(29)13-5-3-4-6-14(13)21)19(28)24-15(17(22)26)9-12-7-8-23-18(12)27/h3-6,12,15-16H,7-11H2,1-2H3,(H2,22,26)(H,23,27)(H,24,28)/t12-,15-,16-/m0/s1. The number of carbonyl (C=O) groups excluding carboxylic acids is 4. The highest BCUT2D eigenvalue weighted by Crippen LogP contribution is 2.30. The van der Waals surface area contributed by atoms with Gasteiger partial charge in [0.15, 0.2) is 0 Å². The maximum absolute atomic E-state index is 13.2. The Labute approximate surface area is 181 Å². The molecule has 1 aromatic carbocycles. The number of nitrogens with two attached hydrogens (primary N) is 1. The van der Waals surface area contributed by atoms with Crippen LogP contribution in [0.25, 0.3) is 0 Å². The summed E-state index contributed by atoms with van der Waals surface area (Å²) in [5.41, 5.74) is 5.84. The van der Waals surface area contributed by atoms with Crippen molar-refractivity contribution in [2.45, 2.75) is 44.1 Å². The third-order valence-corrected chi connectivity index (χ3v) is 8.75. The number of nitrogens with zero attached hydrogens (tertiary/aromatic N) is 1. The quantitative estimate of drug-likeness (QED) is 0.557. The van der Waals surface area contributed by atoms with Crippen LogP contribution in [0.15, 0.2) is 24.3 Å². The summed E-state index contributed by atoms with van der Waals surface area (Å²) in [5, 5.41) is 5.74. The van der Waals surface area contributed by atoms with Gasteiger partial charge in [0.2, 0.25) is 17.7 Å². The summed E-state index contributed by atoms with van der Waals surface area (Å²) in [7, 11) is -1.85. The van der Waals surface area contributed by atoms with Gasteiger partial charge in [0, 0.05) is 18.6 Å². The predicted molar refractivity (Wildman–Crippen MR) is 115 cm³/mol. The second-order valence-corrected chi connectivity index (χ2v) is 14.2. The molecule has 162 valence electrons. The van der Waals surface area contributed by atoms with Gasteiger partial charge >= 0.3 is 0 Å². The normalized spacial score (nSPS) is 23.7. The topological polar surface area (TPSA) is 122 Å². The van der Waals surface area contributed by atoms with E-state index in [-0.39, 0.29) is 24.2 Å². The molecule has 8 nitrogen and oxygen atoms in total. The van der Waals surface area contributed by atoms with Gasteiger partial charge in [-0.1, -0.05) is 36.8 Å². The number of hydrogen-bond donors (Lipinski definition) is 3. The molecule has 0 unspecified atom stereocenters. The summed E-state index contributed by atoms with van der Waals surface area (Å²) >= 11 is 6.19. The van der Waals surface area contributed by atoms with Gasteiger partial charge in [-0.25, -0.2) is 0 Å². The lowest BCUT2D eigenvalue weighted by Gasteiger charge is -2.27. The molecular weight excluding hydrogens is 424 g/mol. The van der Waals surface area contributed by atoms with Crippen LogP contribution >= 0.6 is 11.6 Å². The SMILES string of the molecule is C[Si]1(C)C[C@@H](C(=O)N[C@@H](C[C@@H]2CCNC2=O)C(N)=O)N(C(=O)c2ccccc2Cl)C1. The molecule has 2 fully saturated rings. The average Bonchev–Trinajstić information content (AvgIpc) is 3.23. The van der Waals surface area contributed by atoms with E-state index in [1.54, 1.807) is 29.2 Å². The van der Waals surface area contributed by atoms with Gasteiger partial charge in [0.1, 0.15) is 12.1 Å². The molecule has 4 N–H and O–H groups in total. The molecule has 30 heavy (non-hydrogen) atoms. The zero-order valence-electron chi connectivity index (χ0n) is 17.1. The molecule has 2 saturated heterocycles. The maximum Gasteiger partial charge on any atom is 0.255 e. The van der Waals surface area contributed by atoms with Crippen LogP contribution in [0.4, 0.5) is 0 Å². The van der Waals surface area contributed by atoms with Gasteiger partial charge in [0.05, 0.1) is 18.7 Å². The van der Waals surface area contributed by atoms with Crippen LogP contribution in [0.1, 0.15) is 23.2 Å². The first-order chi connectivity index (χ1) is 14.1. The van der Waals surface area contributed by atoms with Crippen molar-refractivity contribution in [3.05, 3.63) is 34.9 Å². The van der Waals surface area contributed by atoms with E-state index in [0.29, 0.717) is 35.8 Å². The Kier molecular flexibility index (Phi) is 6.52. The van der Waals surface area contributed by atoms with Crippen LogP contribution in [0, 0.1) is 5.92 Å². The molecule has 2 aliphatic rings. The molecular formula is C20H27ClN4O4Si. The average molecular weight is 451 g/mol. The van der Waals surface area contributed by atoms with Gasteiger partial charge in [0.25, 0.3) is 5.91 Å². The molecule has 3 rings (SSSR count). The van der Waals surface area contributed by atoms with Crippen LogP contribution < -0.4 is 16.4 Å². The van der Waals surface area contributed by atoms with Crippen molar-refractivity contribution in [3.63, 3.8) is 0 Å². The van der Waals surface area contributed by atoms with E-state index in [1.807, 2.05) is 0 Å². The van der Waals surface area contributed by atoms with E-state index in [2.05, 4.69) is 23.7 Å². The predicted octanol–water partition coefficient (Wildman–Crippen LogP) is 0.908. The summed E-state index contributed by atoms with van der Waals surface area (Å²) in [6.45, 7) is 4.77. The number of hydrogen-bond acceptors (Lipinski definition) is 4. The fourth-order valence-electron chi connectivity index (χ4n) is 4.17. The summed E-state index contributed by atoms with van der Waals surface area (Å²) < 4.78 is 0. The van der Waals surface area contributed by atoms with Crippen molar-refractivity contribution >= 4 is 43.3 Å². The van der Waals surface area contributed by atoms with Crippen LogP contribution in [0.3, 0.4) is 0 Å². The van der Waals surface area contributed by atoms with Crippen LogP contribution in [-0.2, 0) is 14.4 Å². The molecule has 0 spiro atoms. The summed E-state index contributed by atoms with van der Waals surface area (Å²) in [6, 6.07) is 5.65. The van der Waals surface area contributed by atoms with Crippen molar-refractivity contribution in [2.24, 2.45) is 11.7 Å². The van der Waals surface area contributed by atoms with Gasteiger partial charge in [-0.2, -0.15) is 0 Å². The number of amides is 4. The van der Waals surface area contributed by atoms with Crippen LogP contribution in [0.5, 0.6) is 0 Å². The summed E-state index contributed by atoms with van der Waals surface area (Å²) in [6.07, 6.45) is 1.26. The van der Waals surface area contributed by atoms with Gasteiger partial charge in [-0.3, -0.25) is 19.2 Å². The van der Waals surface area contributed by atoms with Gasteiger partial charge in [-0.15, -0.1) is 0 Å². The molecule has 0 saturated carbocycles. The Bertz CT molecular complexity index is 878. The molecule has 0 aliphatic carbocycles. The Balaban J connectivity index is 1.77. The fourth-order valence-corrected chi connectivity index (χ4v) is 7.26. The lowest BCUT2D eigenvalue weighted by molar-refractivity contribution is -0.130. The fraction of sp³-hybridized carbons (Fsp3) is 0.500. The molecule has 0 radical (unpaired) electrons. The molecule has 1 aromatic rings. The molecule has 3 atom stereocenters. The second-order valence-electron chi connectivity index (χ2n) is 8.77. The largest absolute Gasteiger partial charge is 0.368 e. The number of carbonyl (C=O) groups is 4. The zero-order chi connectivity index (χ0) is 22.1. The maximum atomic E-state index is 13.2. The molecule has 2 heterocycles. The first kappa shape index (κ1) is 22.3. The summed E-state index contributed by atoms with van der Waals surface area (Å²) in [5.74, 6) is -1.92. The number of rotatable bonds is 6. The lowest BCUT2D eigenvalue weighted by atomic mass is 9.97. The molecule has 4 amide bonds. The van der Waals surface area contributed by atoms with E-state index < -0.39 is 32.0 Å².